The molecule has 19 heavy (non-hydrogen) atoms. The first-order valence-electron chi connectivity index (χ1n) is 6.84. The zero-order valence-electron chi connectivity index (χ0n) is 11.0. The van der Waals surface area contributed by atoms with E-state index in [0.29, 0.717) is 24.0 Å². The van der Waals surface area contributed by atoms with E-state index in [4.69, 9.17) is 21.1 Å². The molecule has 0 bridgehead atoms. The van der Waals surface area contributed by atoms with Crippen molar-refractivity contribution < 1.29 is 9.47 Å². The third-order valence-electron chi connectivity index (χ3n) is 3.64. The predicted molar refractivity (Wildman–Crippen MR) is 75.5 cm³/mol. The van der Waals surface area contributed by atoms with Gasteiger partial charge in [0.15, 0.2) is 11.5 Å². The fourth-order valence-electron chi connectivity index (χ4n) is 2.53. The molecule has 1 saturated heterocycles. The molecule has 0 radical (unpaired) electrons. The first kappa shape index (κ1) is 13.0. The van der Waals surface area contributed by atoms with E-state index in [1.165, 1.54) is 0 Å². The minimum atomic E-state index is 0.577. The van der Waals surface area contributed by atoms with E-state index in [0.717, 1.165) is 50.5 Å². The third kappa shape index (κ3) is 2.96. The summed E-state index contributed by atoms with van der Waals surface area (Å²) >= 11 is 6.41. The standard InChI is InChI=1S/C14H19ClN2O2/c15-13-11(3-6-17-7-4-16-5-8-17)1-2-12-14(13)19-10-9-18-12/h1-2,16H,3-10H2. The molecule has 2 aliphatic heterocycles. The first-order chi connectivity index (χ1) is 9.34. The molecule has 1 aromatic rings. The summed E-state index contributed by atoms with van der Waals surface area (Å²) in [5.41, 5.74) is 1.14. The van der Waals surface area contributed by atoms with Crippen LogP contribution in [0.2, 0.25) is 5.02 Å². The van der Waals surface area contributed by atoms with Gasteiger partial charge in [-0.25, -0.2) is 0 Å². The molecule has 1 aromatic carbocycles. The predicted octanol–water partition coefficient (Wildman–Crippen LogP) is 1.56. The van der Waals surface area contributed by atoms with Crippen molar-refractivity contribution in [3.8, 4) is 11.5 Å². The van der Waals surface area contributed by atoms with Gasteiger partial charge in [-0.3, -0.25) is 0 Å². The Hall–Kier alpha value is -0.970. The number of nitrogens with one attached hydrogen (secondary N) is 1. The largest absolute Gasteiger partial charge is 0.486 e. The SMILES string of the molecule is Clc1c(CCN2CCNCC2)ccc2c1OCCO2. The molecule has 0 unspecified atom stereocenters. The van der Waals surface area contributed by atoms with Gasteiger partial charge in [0.25, 0.3) is 0 Å². The lowest BCUT2D eigenvalue weighted by molar-refractivity contribution is 0.171. The van der Waals surface area contributed by atoms with Gasteiger partial charge in [0, 0.05) is 32.7 Å². The summed E-state index contributed by atoms with van der Waals surface area (Å²) in [6.45, 7) is 6.60. The van der Waals surface area contributed by atoms with Crippen LogP contribution in [-0.2, 0) is 6.42 Å². The Kier molecular flexibility index (Phi) is 4.11. The molecular weight excluding hydrogens is 264 g/mol. The van der Waals surface area contributed by atoms with E-state index in [-0.39, 0.29) is 0 Å². The molecule has 3 rings (SSSR count). The van der Waals surface area contributed by atoms with Crippen molar-refractivity contribution in [1.29, 1.82) is 0 Å². The number of nitrogens with zero attached hydrogens (tertiary/aromatic N) is 1. The summed E-state index contributed by atoms with van der Waals surface area (Å²) in [7, 11) is 0. The number of ether oxygens (including phenoxy) is 2. The summed E-state index contributed by atoms with van der Waals surface area (Å²) in [4.78, 5) is 2.46. The Morgan fingerprint density at radius 1 is 1.16 bits per heavy atom. The zero-order chi connectivity index (χ0) is 13.1. The fraction of sp³-hybridized carbons (Fsp3) is 0.571. The highest BCUT2D eigenvalue weighted by molar-refractivity contribution is 6.33. The Balaban J connectivity index is 1.67. The monoisotopic (exact) mass is 282 g/mol. The third-order valence-corrected chi connectivity index (χ3v) is 4.05. The van der Waals surface area contributed by atoms with Crippen molar-refractivity contribution in [3.05, 3.63) is 22.7 Å². The highest BCUT2D eigenvalue weighted by Crippen LogP contribution is 2.39. The normalized spacial score (nSPS) is 19.4. The van der Waals surface area contributed by atoms with Gasteiger partial charge in [0.05, 0.1) is 5.02 Å². The van der Waals surface area contributed by atoms with E-state index < -0.39 is 0 Å². The van der Waals surface area contributed by atoms with Crippen molar-refractivity contribution >= 4 is 11.6 Å². The number of piperazine rings is 1. The molecule has 0 saturated carbocycles. The maximum Gasteiger partial charge on any atom is 0.180 e. The number of halogens is 1. The van der Waals surface area contributed by atoms with E-state index in [2.05, 4.69) is 16.3 Å². The molecule has 1 fully saturated rings. The van der Waals surface area contributed by atoms with E-state index >= 15 is 0 Å². The second kappa shape index (κ2) is 5.99. The van der Waals surface area contributed by atoms with Gasteiger partial charge in [-0.05, 0) is 18.1 Å². The van der Waals surface area contributed by atoms with Crippen LogP contribution >= 0.6 is 11.6 Å². The van der Waals surface area contributed by atoms with Crippen LogP contribution in [0.4, 0.5) is 0 Å². The number of benzene rings is 1. The maximum absolute atomic E-state index is 6.41. The van der Waals surface area contributed by atoms with Gasteiger partial charge in [-0.1, -0.05) is 17.7 Å². The van der Waals surface area contributed by atoms with E-state index in [1.807, 2.05) is 6.07 Å². The molecule has 2 heterocycles. The average Bonchev–Trinajstić information content (AvgIpc) is 2.48. The quantitative estimate of drug-likeness (QED) is 0.912. The fourth-order valence-corrected chi connectivity index (χ4v) is 2.83. The molecule has 0 spiro atoms. The summed E-state index contributed by atoms with van der Waals surface area (Å²) < 4.78 is 11.1. The first-order valence-corrected chi connectivity index (χ1v) is 7.22. The number of hydrogen-bond donors (Lipinski definition) is 1. The van der Waals surface area contributed by atoms with Crippen LogP contribution in [0.15, 0.2) is 12.1 Å². The lowest BCUT2D eigenvalue weighted by atomic mass is 10.1. The van der Waals surface area contributed by atoms with Gasteiger partial charge < -0.3 is 19.7 Å². The molecule has 104 valence electrons. The van der Waals surface area contributed by atoms with Crippen LogP contribution in [0, 0.1) is 0 Å². The van der Waals surface area contributed by atoms with Gasteiger partial charge in [0.1, 0.15) is 13.2 Å². The van der Waals surface area contributed by atoms with Gasteiger partial charge >= 0.3 is 0 Å². The van der Waals surface area contributed by atoms with Gasteiger partial charge in [-0.15, -0.1) is 0 Å². The Labute approximate surface area is 118 Å². The molecular formula is C14H19ClN2O2. The van der Waals surface area contributed by atoms with Crippen LogP contribution < -0.4 is 14.8 Å². The van der Waals surface area contributed by atoms with E-state index in [9.17, 15) is 0 Å². The second-order valence-corrected chi connectivity index (χ2v) is 5.28. The topological polar surface area (TPSA) is 33.7 Å². The summed E-state index contributed by atoms with van der Waals surface area (Å²) in [5.74, 6) is 1.48. The Bertz CT molecular complexity index is 447. The molecule has 0 aromatic heterocycles. The maximum atomic E-state index is 6.41. The highest BCUT2D eigenvalue weighted by Gasteiger charge is 2.18. The van der Waals surface area contributed by atoms with E-state index in [1.54, 1.807) is 0 Å². The van der Waals surface area contributed by atoms with Crippen molar-refractivity contribution in [2.45, 2.75) is 6.42 Å². The highest BCUT2D eigenvalue weighted by atomic mass is 35.5. The molecule has 1 N–H and O–H groups in total. The summed E-state index contributed by atoms with van der Waals surface area (Å²) in [5, 5.41) is 4.08. The molecule has 4 nitrogen and oxygen atoms in total. The molecule has 0 atom stereocenters. The van der Waals surface area contributed by atoms with Crippen molar-refractivity contribution in [3.63, 3.8) is 0 Å². The smallest absolute Gasteiger partial charge is 0.180 e. The molecule has 0 amide bonds. The van der Waals surface area contributed by atoms with Crippen LogP contribution in [-0.4, -0.2) is 50.8 Å². The zero-order valence-corrected chi connectivity index (χ0v) is 11.7. The minimum Gasteiger partial charge on any atom is -0.486 e. The van der Waals surface area contributed by atoms with Crippen LogP contribution in [0.1, 0.15) is 5.56 Å². The Morgan fingerprint density at radius 2 is 1.95 bits per heavy atom. The Morgan fingerprint density at radius 3 is 2.79 bits per heavy atom. The molecule has 0 aliphatic carbocycles. The number of rotatable bonds is 3. The lowest BCUT2D eigenvalue weighted by Gasteiger charge is -2.27. The lowest BCUT2D eigenvalue weighted by Crippen LogP contribution is -2.44. The van der Waals surface area contributed by atoms with Gasteiger partial charge in [0.2, 0.25) is 0 Å². The number of hydrogen-bond acceptors (Lipinski definition) is 4. The van der Waals surface area contributed by atoms with Crippen LogP contribution in [0.5, 0.6) is 11.5 Å². The summed E-state index contributed by atoms with van der Waals surface area (Å²) in [6.07, 6.45) is 0.954. The van der Waals surface area contributed by atoms with Crippen molar-refractivity contribution in [2.24, 2.45) is 0 Å². The van der Waals surface area contributed by atoms with Crippen molar-refractivity contribution in [2.75, 3.05) is 45.9 Å². The number of fused-ring (bicyclic) bond motifs is 1. The second-order valence-electron chi connectivity index (χ2n) is 4.90. The minimum absolute atomic E-state index is 0.577. The van der Waals surface area contributed by atoms with Crippen LogP contribution in [0.25, 0.3) is 0 Å². The van der Waals surface area contributed by atoms with Gasteiger partial charge in [-0.2, -0.15) is 0 Å². The van der Waals surface area contributed by atoms with Crippen LogP contribution in [0.3, 0.4) is 0 Å². The molecule has 2 aliphatic rings. The average molecular weight is 283 g/mol. The summed E-state index contributed by atoms with van der Waals surface area (Å²) in [6, 6.07) is 4.02. The van der Waals surface area contributed by atoms with Crippen molar-refractivity contribution in [1.82, 2.24) is 10.2 Å². The molecule has 5 heteroatoms.